The number of hydrogen-bond acceptors (Lipinski definition) is 4. The van der Waals surface area contributed by atoms with E-state index in [9.17, 15) is 0 Å². The second-order valence-corrected chi connectivity index (χ2v) is 5.75. The van der Waals surface area contributed by atoms with E-state index in [4.69, 9.17) is 5.26 Å². The van der Waals surface area contributed by atoms with Crippen LogP contribution in [0.2, 0.25) is 0 Å². The molecule has 0 bridgehead atoms. The average Bonchev–Trinajstić information content (AvgIpc) is 3.02. The van der Waals surface area contributed by atoms with E-state index in [2.05, 4.69) is 27.3 Å². The minimum atomic E-state index is 0.635. The van der Waals surface area contributed by atoms with Gasteiger partial charge in [-0.25, -0.2) is 4.98 Å². The number of benzene rings is 1. The summed E-state index contributed by atoms with van der Waals surface area (Å²) in [5, 5.41) is 12.6. The quantitative estimate of drug-likeness (QED) is 0.920. The molecule has 1 aliphatic rings. The lowest BCUT2D eigenvalue weighted by molar-refractivity contribution is 0.318. The van der Waals surface area contributed by atoms with Crippen molar-refractivity contribution in [3.05, 3.63) is 59.8 Å². The number of rotatable bonds is 5. The van der Waals surface area contributed by atoms with E-state index in [0.29, 0.717) is 5.92 Å². The molecular weight excluding hydrogens is 272 g/mol. The Morgan fingerprint density at radius 2 is 2.09 bits per heavy atom. The van der Waals surface area contributed by atoms with Gasteiger partial charge in [0.25, 0.3) is 0 Å². The van der Waals surface area contributed by atoms with Crippen LogP contribution in [0.4, 0.5) is 5.82 Å². The first-order chi connectivity index (χ1) is 10.8. The average molecular weight is 292 g/mol. The van der Waals surface area contributed by atoms with E-state index in [1.54, 1.807) is 0 Å². The molecule has 112 valence electrons. The Morgan fingerprint density at radius 3 is 2.91 bits per heavy atom. The molecular formula is C18H20N4. The van der Waals surface area contributed by atoms with Crippen molar-refractivity contribution in [1.82, 2.24) is 9.88 Å². The van der Waals surface area contributed by atoms with Gasteiger partial charge in [-0.3, -0.25) is 4.90 Å². The van der Waals surface area contributed by atoms with Crippen LogP contribution < -0.4 is 5.32 Å². The highest BCUT2D eigenvalue weighted by Gasteiger charge is 2.22. The summed E-state index contributed by atoms with van der Waals surface area (Å²) in [5.41, 5.74) is 1.92. The van der Waals surface area contributed by atoms with Gasteiger partial charge in [-0.2, -0.15) is 5.26 Å². The van der Waals surface area contributed by atoms with Crippen LogP contribution in [-0.4, -0.2) is 29.5 Å². The molecule has 22 heavy (non-hydrogen) atoms. The molecule has 1 aromatic carbocycles. The highest BCUT2D eigenvalue weighted by atomic mass is 15.1. The summed E-state index contributed by atoms with van der Waals surface area (Å²) >= 11 is 0. The number of hydrogen-bond donors (Lipinski definition) is 1. The second kappa shape index (κ2) is 7.06. The molecule has 1 saturated heterocycles. The van der Waals surface area contributed by atoms with Crippen LogP contribution in [0.3, 0.4) is 0 Å². The van der Waals surface area contributed by atoms with E-state index >= 15 is 0 Å². The third kappa shape index (κ3) is 3.63. The van der Waals surface area contributed by atoms with Crippen molar-refractivity contribution in [3.63, 3.8) is 0 Å². The van der Waals surface area contributed by atoms with Crippen molar-refractivity contribution >= 4 is 5.82 Å². The van der Waals surface area contributed by atoms with Crippen LogP contribution >= 0.6 is 0 Å². The molecule has 2 aromatic rings. The molecule has 1 fully saturated rings. The largest absolute Gasteiger partial charge is 0.370 e. The van der Waals surface area contributed by atoms with Gasteiger partial charge >= 0.3 is 0 Å². The molecule has 1 N–H and O–H groups in total. The van der Waals surface area contributed by atoms with Gasteiger partial charge in [0.1, 0.15) is 5.82 Å². The predicted octanol–water partition coefficient (Wildman–Crippen LogP) is 2.89. The number of anilines is 1. The lowest BCUT2D eigenvalue weighted by Crippen LogP contribution is -2.23. The monoisotopic (exact) mass is 292 g/mol. The predicted molar refractivity (Wildman–Crippen MR) is 87.3 cm³/mol. The molecule has 3 rings (SSSR count). The minimum Gasteiger partial charge on any atom is -0.370 e. The number of pyridine rings is 1. The number of nitriles is 1. The first-order valence-electron chi connectivity index (χ1n) is 7.70. The minimum absolute atomic E-state index is 0.635. The highest BCUT2D eigenvalue weighted by Crippen LogP contribution is 2.20. The molecule has 2 heterocycles. The van der Waals surface area contributed by atoms with Gasteiger partial charge in [0.05, 0.1) is 11.6 Å². The summed E-state index contributed by atoms with van der Waals surface area (Å²) in [6, 6.07) is 16.1. The lowest BCUT2D eigenvalue weighted by atomic mass is 10.1. The van der Waals surface area contributed by atoms with Gasteiger partial charge in [-0.15, -0.1) is 0 Å². The van der Waals surface area contributed by atoms with Crippen LogP contribution in [0.25, 0.3) is 0 Å². The van der Waals surface area contributed by atoms with Crippen LogP contribution in [-0.2, 0) is 6.54 Å². The summed E-state index contributed by atoms with van der Waals surface area (Å²) in [6.45, 7) is 3.98. The summed E-state index contributed by atoms with van der Waals surface area (Å²) < 4.78 is 0. The Hall–Kier alpha value is -2.38. The van der Waals surface area contributed by atoms with Gasteiger partial charge < -0.3 is 5.32 Å². The molecule has 0 amide bonds. The third-order valence-electron chi connectivity index (χ3n) is 4.14. The van der Waals surface area contributed by atoms with Gasteiger partial charge in [0.15, 0.2) is 0 Å². The van der Waals surface area contributed by atoms with E-state index < -0.39 is 0 Å². The Labute approximate surface area is 131 Å². The SMILES string of the molecule is N#Cc1ccccc1CN1CCC(CNc2ccccn2)C1. The van der Waals surface area contributed by atoms with E-state index in [1.807, 2.05) is 42.6 Å². The van der Waals surface area contributed by atoms with Gasteiger partial charge in [-0.05, 0) is 42.6 Å². The van der Waals surface area contributed by atoms with Crippen LogP contribution in [0.15, 0.2) is 48.7 Å². The maximum Gasteiger partial charge on any atom is 0.125 e. The van der Waals surface area contributed by atoms with Gasteiger partial charge in [-0.1, -0.05) is 24.3 Å². The van der Waals surface area contributed by atoms with Crippen molar-refractivity contribution in [2.24, 2.45) is 5.92 Å². The normalized spacial score (nSPS) is 18.0. The molecule has 4 nitrogen and oxygen atoms in total. The van der Waals surface area contributed by atoms with Gasteiger partial charge in [0.2, 0.25) is 0 Å². The molecule has 0 saturated carbocycles. The molecule has 1 aliphatic heterocycles. The topological polar surface area (TPSA) is 52.0 Å². The Bertz CT molecular complexity index is 648. The zero-order chi connectivity index (χ0) is 15.2. The summed E-state index contributed by atoms with van der Waals surface area (Å²) in [4.78, 5) is 6.72. The summed E-state index contributed by atoms with van der Waals surface area (Å²) in [7, 11) is 0. The van der Waals surface area contributed by atoms with Crippen LogP contribution in [0.5, 0.6) is 0 Å². The Morgan fingerprint density at radius 1 is 1.23 bits per heavy atom. The maximum absolute atomic E-state index is 9.17. The lowest BCUT2D eigenvalue weighted by Gasteiger charge is -2.17. The van der Waals surface area contributed by atoms with E-state index in [0.717, 1.165) is 43.1 Å². The van der Waals surface area contributed by atoms with Crippen molar-refractivity contribution in [1.29, 1.82) is 5.26 Å². The first-order valence-corrected chi connectivity index (χ1v) is 7.70. The molecule has 0 aliphatic carbocycles. The first kappa shape index (κ1) is 14.6. The molecule has 0 spiro atoms. The standard InChI is InChI=1S/C18H20N4/c19-11-16-5-1-2-6-17(16)14-22-10-8-15(13-22)12-21-18-7-3-4-9-20-18/h1-7,9,15H,8,10,12-14H2,(H,20,21). The van der Waals surface area contributed by atoms with Crippen molar-refractivity contribution in [2.75, 3.05) is 25.0 Å². The number of aromatic nitrogens is 1. The fraction of sp³-hybridized carbons (Fsp3) is 0.333. The number of likely N-dealkylation sites (tertiary alicyclic amines) is 1. The number of nitrogens with one attached hydrogen (secondary N) is 1. The zero-order valence-electron chi connectivity index (χ0n) is 12.6. The summed E-state index contributed by atoms with van der Waals surface area (Å²) in [5.74, 6) is 1.58. The smallest absolute Gasteiger partial charge is 0.125 e. The third-order valence-corrected chi connectivity index (χ3v) is 4.14. The van der Waals surface area contributed by atoms with E-state index in [-0.39, 0.29) is 0 Å². The van der Waals surface area contributed by atoms with Crippen molar-refractivity contribution < 1.29 is 0 Å². The van der Waals surface area contributed by atoms with E-state index in [1.165, 1.54) is 6.42 Å². The van der Waals surface area contributed by atoms with Crippen molar-refractivity contribution in [2.45, 2.75) is 13.0 Å². The zero-order valence-corrected chi connectivity index (χ0v) is 12.6. The molecule has 0 radical (unpaired) electrons. The fourth-order valence-corrected chi connectivity index (χ4v) is 2.95. The van der Waals surface area contributed by atoms with Crippen LogP contribution in [0, 0.1) is 17.2 Å². The highest BCUT2D eigenvalue weighted by molar-refractivity contribution is 5.37. The molecule has 1 aromatic heterocycles. The second-order valence-electron chi connectivity index (χ2n) is 5.75. The summed E-state index contributed by atoms with van der Waals surface area (Å²) in [6.07, 6.45) is 3.00. The Balaban J connectivity index is 1.51. The molecule has 1 atom stereocenters. The maximum atomic E-state index is 9.17. The van der Waals surface area contributed by atoms with Crippen LogP contribution in [0.1, 0.15) is 17.5 Å². The fourth-order valence-electron chi connectivity index (χ4n) is 2.95. The van der Waals surface area contributed by atoms with Gasteiger partial charge in [0, 0.05) is 25.8 Å². The Kier molecular flexibility index (Phi) is 4.67. The number of nitrogens with zero attached hydrogens (tertiary/aromatic N) is 3. The molecule has 1 unspecified atom stereocenters. The van der Waals surface area contributed by atoms with Crippen molar-refractivity contribution in [3.8, 4) is 6.07 Å². The molecule has 4 heteroatoms.